The number of nitrogens with one attached hydrogen (secondary N) is 2. The molecule has 1 aliphatic heterocycles. The molecule has 10 nitrogen and oxygen atoms in total. The number of aromatic nitrogens is 2. The molecule has 2 heterocycles. The van der Waals surface area contributed by atoms with Crippen molar-refractivity contribution in [3.63, 3.8) is 0 Å². The number of nitriles is 1. The van der Waals surface area contributed by atoms with E-state index in [1.54, 1.807) is 42.6 Å². The highest BCUT2D eigenvalue weighted by Gasteiger charge is 2.39. The number of amides is 1. The predicted molar refractivity (Wildman–Crippen MR) is 180 cm³/mol. The van der Waals surface area contributed by atoms with Crippen LogP contribution in [-0.4, -0.2) is 53.1 Å². The third kappa shape index (κ3) is 6.80. The first-order valence-electron chi connectivity index (χ1n) is 15.2. The monoisotopic (exact) mass is 620 g/mol. The summed E-state index contributed by atoms with van der Waals surface area (Å²) in [4.78, 5) is 38.5. The van der Waals surface area contributed by atoms with Gasteiger partial charge in [0.2, 0.25) is 5.95 Å². The maximum absolute atomic E-state index is 13.6. The molecule has 3 aromatic carbocycles. The van der Waals surface area contributed by atoms with Gasteiger partial charge in [0, 0.05) is 35.9 Å². The summed E-state index contributed by atoms with van der Waals surface area (Å²) in [5.41, 5.74) is 1.29. The minimum atomic E-state index is -0.837. The molecule has 0 unspecified atom stereocenters. The van der Waals surface area contributed by atoms with Crippen LogP contribution < -0.4 is 20.3 Å². The molecule has 0 saturated carbocycles. The summed E-state index contributed by atoms with van der Waals surface area (Å²) in [6.45, 7) is 15.5. The lowest BCUT2D eigenvalue weighted by molar-refractivity contribution is -0.133. The highest BCUT2D eigenvalue weighted by atomic mass is 16.5. The number of hydrogen-bond acceptors (Lipinski definition) is 9. The Hall–Kier alpha value is -5.01. The third-order valence-corrected chi connectivity index (χ3v) is 7.79. The van der Waals surface area contributed by atoms with Crippen LogP contribution in [-0.2, 0) is 14.9 Å². The van der Waals surface area contributed by atoms with E-state index >= 15 is 0 Å². The summed E-state index contributed by atoms with van der Waals surface area (Å²) in [6, 6.07) is 18.2. The summed E-state index contributed by atoms with van der Waals surface area (Å²) in [5.74, 6) is -0.169. The van der Waals surface area contributed by atoms with Crippen molar-refractivity contribution in [2.24, 2.45) is 0 Å². The van der Waals surface area contributed by atoms with Gasteiger partial charge in [-0.3, -0.25) is 9.59 Å². The molecule has 238 valence electrons. The number of fused-ring (bicyclic) bond motifs is 1. The van der Waals surface area contributed by atoms with E-state index in [2.05, 4.69) is 54.3 Å². The van der Waals surface area contributed by atoms with Gasteiger partial charge in [0.1, 0.15) is 11.9 Å². The van der Waals surface area contributed by atoms with E-state index in [0.29, 0.717) is 30.2 Å². The summed E-state index contributed by atoms with van der Waals surface area (Å²) in [5, 5.41) is 17.2. The van der Waals surface area contributed by atoms with Crippen LogP contribution in [0.1, 0.15) is 70.0 Å². The Kier molecular flexibility index (Phi) is 8.49. The Morgan fingerprint density at radius 3 is 2.28 bits per heavy atom. The molecule has 1 fully saturated rings. The highest BCUT2D eigenvalue weighted by Crippen LogP contribution is 2.36. The summed E-state index contributed by atoms with van der Waals surface area (Å²) < 4.78 is 11.7. The minimum Gasteiger partial charge on any atom is -0.493 e. The molecule has 2 N–H and O–H groups in total. The molecular weight excluding hydrogens is 580 g/mol. The van der Waals surface area contributed by atoms with Crippen LogP contribution in [0.5, 0.6) is 5.75 Å². The number of ketones is 1. The van der Waals surface area contributed by atoms with Crippen LogP contribution in [0.4, 0.5) is 23.1 Å². The molecule has 1 amide bonds. The van der Waals surface area contributed by atoms with E-state index < -0.39 is 11.7 Å². The molecule has 10 heteroatoms. The summed E-state index contributed by atoms with van der Waals surface area (Å²) >= 11 is 0. The van der Waals surface area contributed by atoms with E-state index in [0.717, 1.165) is 16.6 Å². The molecule has 1 aromatic heterocycles. The number of anilines is 4. The Labute approximate surface area is 269 Å². The van der Waals surface area contributed by atoms with E-state index in [4.69, 9.17) is 14.5 Å². The molecule has 1 saturated heterocycles. The van der Waals surface area contributed by atoms with Crippen LogP contribution in [0.15, 0.2) is 60.8 Å². The molecule has 0 atom stereocenters. The molecule has 0 radical (unpaired) electrons. The fourth-order valence-electron chi connectivity index (χ4n) is 6.00. The topological polar surface area (TPSA) is 129 Å². The average Bonchev–Trinajstić information content (AvgIpc) is 2.98. The Morgan fingerprint density at radius 2 is 1.65 bits per heavy atom. The molecule has 1 aliphatic rings. The summed E-state index contributed by atoms with van der Waals surface area (Å²) in [7, 11) is 1.42. The number of carbonyl (C=O) groups is 2. The lowest BCUT2D eigenvalue weighted by Crippen LogP contribution is -2.57. The van der Waals surface area contributed by atoms with Crippen LogP contribution in [0.3, 0.4) is 0 Å². The van der Waals surface area contributed by atoms with Crippen LogP contribution in [0.2, 0.25) is 0 Å². The van der Waals surface area contributed by atoms with Gasteiger partial charge in [0.05, 0.1) is 29.6 Å². The van der Waals surface area contributed by atoms with Crippen molar-refractivity contribution in [3.8, 4) is 11.8 Å². The smallest absolute Gasteiger partial charge is 0.296 e. The van der Waals surface area contributed by atoms with Gasteiger partial charge in [-0.15, -0.1) is 0 Å². The lowest BCUT2D eigenvalue weighted by Gasteiger charge is -2.47. The molecule has 0 spiro atoms. The lowest BCUT2D eigenvalue weighted by atomic mass is 9.85. The van der Waals surface area contributed by atoms with Crippen LogP contribution in [0.25, 0.3) is 10.8 Å². The fraction of sp³-hybridized carbons (Fsp3) is 0.361. The zero-order valence-corrected chi connectivity index (χ0v) is 27.6. The number of methoxy groups -OCH3 is 1. The second kappa shape index (κ2) is 12.1. The predicted octanol–water partition coefficient (Wildman–Crippen LogP) is 6.77. The second-order valence-electron chi connectivity index (χ2n) is 13.8. The zero-order valence-electron chi connectivity index (χ0n) is 27.6. The first-order valence-corrected chi connectivity index (χ1v) is 15.2. The van der Waals surface area contributed by atoms with Gasteiger partial charge in [0.25, 0.3) is 11.7 Å². The maximum Gasteiger partial charge on any atom is 0.296 e. The highest BCUT2D eigenvalue weighted by molar-refractivity contribution is 6.48. The van der Waals surface area contributed by atoms with Gasteiger partial charge in [-0.05, 0) is 74.4 Å². The summed E-state index contributed by atoms with van der Waals surface area (Å²) in [6.07, 6.45) is 1.71. The van der Waals surface area contributed by atoms with Crippen molar-refractivity contribution in [2.75, 3.05) is 35.7 Å². The van der Waals surface area contributed by atoms with E-state index in [-0.39, 0.29) is 39.2 Å². The molecule has 46 heavy (non-hydrogen) atoms. The standard InChI is InChI=1S/C36H40N6O4/c1-34(2,3)23-17-22(19-37)31(45-8)28(18-23)40-32(44)30(43)26-13-14-27(25-12-10-9-11-24(25)26)39-29-15-16-38-33(41-29)42-20-35(4,5)46-36(6,7)21-42/h9-18H,20-21H2,1-8H3,(H,40,44)(H,38,39,41). The molecule has 0 aliphatic carbocycles. The molecular formula is C36H40N6O4. The van der Waals surface area contributed by atoms with Gasteiger partial charge in [-0.2, -0.15) is 10.2 Å². The van der Waals surface area contributed by atoms with Crippen molar-refractivity contribution in [1.82, 2.24) is 9.97 Å². The molecule has 5 rings (SSSR count). The molecule has 4 aromatic rings. The number of carbonyl (C=O) groups excluding carboxylic acids is 2. The first kappa shape index (κ1) is 32.4. The largest absolute Gasteiger partial charge is 0.493 e. The number of morpholine rings is 1. The number of benzene rings is 3. The van der Waals surface area contributed by atoms with Crippen LogP contribution >= 0.6 is 0 Å². The van der Waals surface area contributed by atoms with Crippen molar-refractivity contribution < 1.29 is 19.1 Å². The van der Waals surface area contributed by atoms with E-state index in [1.807, 2.05) is 39.0 Å². The van der Waals surface area contributed by atoms with Crippen molar-refractivity contribution in [1.29, 1.82) is 5.26 Å². The number of nitrogens with zero attached hydrogens (tertiary/aromatic N) is 4. The molecule has 0 bridgehead atoms. The normalized spacial score (nSPS) is 15.6. The van der Waals surface area contributed by atoms with E-state index in [1.165, 1.54) is 7.11 Å². The Balaban J connectivity index is 1.43. The van der Waals surface area contributed by atoms with Crippen molar-refractivity contribution in [2.45, 2.75) is 65.1 Å². The average molecular weight is 621 g/mol. The number of rotatable bonds is 7. The minimum absolute atomic E-state index is 0.203. The van der Waals surface area contributed by atoms with E-state index in [9.17, 15) is 14.9 Å². The quantitative estimate of drug-likeness (QED) is 0.170. The number of hydrogen-bond donors (Lipinski definition) is 2. The van der Waals surface area contributed by atoms with Gasteiger partial charge in [0.15, 0.2) is 5.75 Å². The van der Waals surface area contributed by atoms with Gasteiger partial charge in [-0.25, -0.2) is 4.98 Å². The number of ether oxygens (including phenoxy) is 2. The van der Waals surface area contributed by atoms with Crippen molar-refractivity contribution >= 4 is 45.6 Å². The number of Topliss-reactive ketones (excluding diaryl/α,β-unsaturated/α-hetero) is 1. The third-order valence-electron chi connectivity index (χ3n) is 7.79. The van der Waals surface area contributed by atoms with Crippen LogP contribution in [0, 0.1) is 11.3 Å². The van der Waals surface area contributed by atoms with Gasteiger partial charge in [-0.1, -0.05) is 45.0 Å². The second-order valence-corrected chi connectivity index (χ2v) is 13.8. The van der Waals surface area contributed by atoms with Gasteiger partial charge < -0.3 is 25.0 Å². The SMILES string of the molecule is COc1c(C#N)cc(C(C)(C)C)cc1NC(=O)C(=O)c1ccc(Nc2ccnc(N3CC(C)(C)OC(C)(C)C3)n2)c2ccccc12. The van der Waals surface area contributed by atoms with Gasteiger partial charge >= 0.3 is 0 Å². The maximum atomic E-state index is 13.6. The fourth-order valence-corrected chi connectivity index (χ4v) is 6.00. The Morgan fingerprint density at radius 1 is 0.978 bits per heavy atom. The van der Waals surface area contributed by atoms with Crippen molar-refractivity contribution in [3.05, 3.63) is 77.5 Å². The Bertz CT molecular complexity index is 1850. The zero-order chi connectivity index (χ0) is 33.4. The first-order chi connectivity index (χ1) is 21.6.